The molecule has 0 aliphatic carbocycles. The Morgan fingerprint density at radius 2 is 0.604 bits per heavy atom. The van der Waals surface area contributed by atoms with Gasteiger partial charge in [0, 0.05) is 0 Å². The third-order valence-electron chi connectivity index (χ3n) is 4.89. The fourth-order valence-corrected chi connectivity index (χ4v) is 2.32. The van der Waals surface area contributed by atoms with Gasteiger partial charge in [0.05, 0.1) is 0 Å². The third kappa shape index (κ3) is 7.65. The van der Waals surface area contributed by atoms with E-state index in [2.05, 4.69) is 0 Å². The molecule has 0 radical (unpaired) electrons. The van der Waals surface area contributed by atoms with E-state index in [-0.39, 0.29) is 0 Å². The van der Waals surface area contributed by atoms with Crippen LogP contribution in [0, 0.1) is 0 Å². The van der Waals surface area contributed by atoms with Crippen LogP contribution in [0.3, 0.4) is 0 Å². The maximum Gasteiger partial charge on any atom is 0.458 e. The summed E-state index contributed by atoms with van der Waals surface area (Å²) in [6, 6.07) is 0. The summed E-state index contributed by atoms with van der Waals surface area (Å²) >= 11 is 0. The molecule has 0 spiro atoms. The average Bonchev–Trinajstić information content (AvgIpc) is 2.84. The lowest BCUT2D eigenvalue weighted by Gasteiger charge is -2.44. The van der Waals surface area contributed by atoms with Gasteiger partial charge in [0.1, 0.15) is 13.2 Å². The van der Waals surface area contributed by atoms with Crippen LogP contribution < -0.4 is 0 Å². The lowest BCUT2D eigenvalue weighted by molar-refractivity contribution is -0.566. The van der Waals surface area contributed by atoms with E-state index >= 15 is 0 Å². The Morgan fingerprint density at radius 1 is 0.333 bits per heavy atom. The minimum atomic E-state index is -8.70. The van der Waals surface area contributed by atoms with Gasteiger partial charge in [-0.1, -0.05) is 0 Å². The molecule has 32 heteroatoms. The molecule has 0 aromatic rings. The fraction of sp³-hybridized carbons (Fsp3) is 1.00. The molecule has 5 atom stereocenters. The second kappa shape index (κ2) is 12.6. The molecule has 0 aromatic heterocycles. The zero-order valence-electron chi connectivity index (χ0n) is 21.0. The number of hydrogen-bond acceptors (Lipinski definition) is 6. The summed E-state index contributed by atoms with van der Waals surface area (Å²) in [6.45, 7) is -12.2. The topological polar surface area (TPSA) is 77.4 Å². The first-order valence-corrected chi connectivity index (χ1v) is 10.3. The molecule has 0 aromatic carbocycles. The van der Waals surface area contributed by atoms with Gasteiger partial charge in [-0.2, -0.15) is 105 Å². The predicted molar refractivity (Wildman–Crippen MR) is 87.7 cm³/mol. The smallest absolute Gasteiger partial charge is 0.390 e. The number of halogens is 26. The molecule has 48 heavy (non-hydrogen) atoms. The average molecular weight is 790 g/mol. The van der Waals surface area contributed by atoms with Gasteiger partial charge < -0.3 is 10.2 Å². The molecule has 5 unspecified atom stereocenters. The molecule has 0 aliphatic rings. The van der Waals surface area contributed by atoms with E-state index in [0.29, 0.717) is 0 Å². The van der Waals surface area contributed by atoms with Gasteiger partial charge in [-0.25, -0.2) is 8.78 Å². The highest BCUT2D eigenvalue weighted by atomic mass is 19.4. The van der Waals surface area contributed by atoms with Gasteiger partial charge in [-0.3, -0.25) is 18.9 Å². The van der Waals surface area contributed by atoms with E-state index in [1.165, 1.54) is 9.47 Å². The van der Waals surface area contributed by atoms with E-state index in [9.17, 15) is 114 Å². The quantitative estimate of drug-likeness (QED) is 0.174. The first-order valence-electron chi connectivity index (χ1n) is 10.3. The van der Waals surface area contributed by atoms with Gasteiger partial charge in [0.15, 0.2) is 6.67 Å². The zero-order valence-corrected chi connectivity index (χ0v) is 21.0. The van der Waals surface area contributed by atoms with Crippen LogP contribution in [0.5, 0.6) is 0 Å². The molecule has 0 rings (SSSR count). The molecule has 2 N–H and O–H groups in total. The lowest BCUT2D eigenvalue weighted by Crippen LogP contribution is -2.72. The van der Waals surface area contributed by atoms with Crippen LogP contribution in [0.15, 0.2) is 0 Å². The molecular formula is C16H8F26O6. The molecule has 0 saturated heterocycles. The second-order valence-corrected chi connectivity index (χ2v) is 8.35. The Kier molecular flexibility index (Phi) is 12.1. The number of aliphatic hydroxyl groups is 2. The first kappa shape index (κ1) is 45.9. The summed E-state index contributed by atoms with van der Waals surface area (Å²) in [5, 5.41) is 16.3. The molecular weight excluding hydrogens is 782 g/mol. The minimum Gasteiger partial charge on any atom is -0.390 e. The van der Waals surface area contributed by atoms with Crippen molar-refractivity contribution in [3.05, 3.63) is 0 Å². The predicted octanol–water partition coefficient (Wildman–Crippen LogP) is 7.00. The SMILES string of the molecule is OCC(F)(OC(F)(F)C(F)(OC(F)(F)C(F)(F)C(F)(CF)OC(F)(C(F)(F)F)C(F)(F)OC(F)(CO)C(F)(F)F)C(F)(F)F)C(F)(F)F. The van der Waals surface area contributed by atoms with E-state index in [1.54, 1.807) is 9.47 Å². The van der Waals surface area contributed by atoms with Crippen molar-refractivity contribution < 1.29 is 143 Å². The van der Waals surface area contributed by atoms with E-state index in [1.807, 2.05) is 0 Å². The van der Waals surface area contributed by atoms with Crippen molar-refractivity contribution in [1.82, 2.24) is 0 Å². The summed E-state index contributed by atoms with van der Waals surface area (Å²) in [5.74, 6) is -47.1. The van der Waals surface area contributed by atoms with Crippen molar-refractivity contribution in [1.29, 1.82) is 0 Å². The van der Waals surface area contributed by atoms with Crippen LogP contribution in [0.1, 0.15) is 0 Å². The highest BCUT2D eigenvalue weighted by Crippen LogP contribution is 2.59. The third-order valence-corrected chi connectivity index (χ3v) is 4.89. The van der Waals surface area contributed by atoms with Gasteiger partial charge in [-0.05, 0) is 0 Å². The number of ether oxygens (including phenoxy) is 4. The number of rotatable bonds is 15. The van der Waals surface area contributed by atoms with Crippen molar-refractivity contribution in [3.8, 4) is 0 Å². The Hall–Kier alpha value is -2.06. The highest BCUT2D eigenvalue weighted by molar-refractivity contribution is 5.01. The minimum absolute atomic E-state index is 1.18. The lowest BCUT2D eigenvalue weighted by atomic mass is 10.1. The van der Waals surface area contributed by atoms with Crippen LogP contribution in [0.25, 0.3) is 0 Å². The summed E-state index contributed by atoms with van der Waals surface area (Å²) in [7, 11) is 0. The molecule has 0 aliphatic heterocycles. The van der Waals surface area contributed by atoms with Crippen LogP contribution >= 0.6 is 0 Å². The number of hydrogen-bond donors (Lipinski definition) is 2. The second-order valence-electron chi connectivity index (χ2n) is 8.35. The summed E-state index contributed by atoms with van der Waals surface area (Å²) in [4.78, 5) is 0. The van der Waals surface area contributed by atoms with E-state index in [0.717, 1.165) is 0 Å². The van der Waals surface area contributed by atoms with Crippen molar-refractivity contribution in [2.75, 3.05) is 19.9 Å². The number of alkyl halides is 26. The van der Waals surface area contributed by atoms with E-state index < -0.39 is 98.1 Å². The largest absolute Gasteiger partial charge is 0.458 e. The van der Waals surface area contributed by atoms with Crippen molar-refractivity contribution >= 4 is 0 Å². The monoisotopic (exact) mass is 790 g/mol. The van der Waals surface area contributed by atoms with Crippen LogP contribution in [-0.2, 0) is 18.9 Å². The standard InChI is InChI=1S/C16H8F26O6/c17-1-4(18,45-8(23,12(31,32)33)15(39,40)46-5(19,2-43)10(25,26)27)7(21,22)14(37,38)48-9(24,13(34,35)36)16(41,42)47-6(20,3-44)11(28,29)30/h43-44H,1-3H2. The first-order chi connectivity index (χ1) is 20.5. The number of aliphatic hydroxyl groups excluding tert-OH is 2. The highest BCUT2D eigenvalue weighted by Gasteiger charge is 2.87. The molecule has 0 bridgehead atoms. The Bertz CT molecular complexity index is 1100. The normalized spacial score (nSPS) is 21.5. The molecule has 6 nitrogen and oxygen atoms in total. The van der Waals surface area contributed by atoms with Crippen molar-refractivity contribution in [2.24, 2.45) is 0 Å². The molecule has 290 valence electrons. The molecule has 0 saturated carbocycles. The summed E-state index contributed by atoms with van der Waals surface area (Å²) < 4.78 is 354. The van der Waals surface area contributed by atoms with Gasteiger partial charge in [0.25, 0.3) is 0 Å². The van der Waals surface area contributed by atoms with Crippen LogP contribution in [0.4, 0.5) is 114 Å². The van der Waals surface area contributed by atoms with Crippen LogP contribution in [-0.4, -0.2) is 108 Å². The van der Waals surface area contributed by atoms with Crippen molar-refractivity contribution in [2.45, 2.75) is 78.2 Å². The molecule has 0 heterocycles. The van der Waals surface area contributed by atoms with Crippen molar-refractivity contribution in [3.63, 3.8) is 0 Å². The maximum absolute atomic E-state index is 14.5. The molecule has 0 fully saturated rings. The Morgan fingerprint density at radius 3 is 0.812 bits per heavy atom. The zero-order chi connectivity index (χ0) is 39.4. The maximum atomic E-state index is 14.5. The fourth-order valence-electron chi connectivity index (χ4n) is 2.32. The Balaban J connectivity index is 7.39. The van der Waals surface area contributed by atoms with Gasteiger partial charge in [0.2, 0.25) is 0 Å². The Labute approximate surface area is 243 Å². The summed E-state index contributed by atoms with van der Waals surface area (Å²) in [5.41, 5.74) is 0. The molecule has 0 amide bonds. The summed E-state index contributed by atoms with van der Waals surface area (Å²) in [6.07, 6.45) is -56.3. The van der Waals surface area contributed by atoms with E-state index in [4.69, 9.17) is 10.2 Å². The van der Waals surface area contributed by atoms with Gasteiger partial charge in [-0.15, -0.1) is 0 Å². The van der Waals surface area contributed by atoms with Gasteiger partial charge >= 0.3 is 78.2 Å². The van der Waals surface area contributed by atoms with Crippen LogP contribution in [0.2, 0.25) is 0 Å².